The summed E-state index contributed by atoms with van der Waals surface area (Å²) in [5, 5.41) is 3.99. The summed E-state index contributed by atoms with van der Waals surface area (Å²) in [5.41, 5.74) is 0.764. The van der Waals surface area contributed by atoms with E-state index in [1.165, 1.54) is 4.31 Å². The zero-order chi connectivity index (χ0) is 19.6. The number of sulfonamides is 1. The van der Waals surface area contributed by atoms with Gasteiger partial charge in [0.2, 0.25) is 15.8 Å². The lowest BCUT2D eigenvalue weighted by atomic mass is 10.2. The monoisotopic (exact) mass is 401 g/mol. The highest BCUT2D eigenvalue weighted by Crippen LogP contribution is 2.27. The van der Waals surface area contributed by atoms with E-state index in [1.807, 2.05) is 12.1 Å². The lowest BCUT2D eigenvalue weighted by Crippen LogP contribution is -2.42. The first-order chi connectivity index (χ1) is 13.6. The maximum Gasteiger partial charge on any atom is 0.257 e. The number of rotatable bonds is 5. The molecule has 2 heterocycles. The second-order valence-electron chi connectivity index (χ2n) is 6.22. The van der Waals surface area contributed by atoms with Gasteiger partial charge in [-0.3, -0.25) is 0 Å². The third-order valence-electron chi connectivity index (χ3n) is 4.48. The van der Waals surface area contributed by atoms with Gasteiger partial charge in [0.25, 0.3) is 5.89 Å². The summed E-state index contributed by atoms with van der Waals surface area (Å²) < 4.78 is 43.2. The average Bonchev–Trinajstić information content (AvgIpc) is 3.25. The molecule has 4 rings (SSSR count). The molecule has 1 atom stereocenters. The normalized spacial score (nSPS) is 18.1. The number of methoxy groups -OCH3 is 1. The van der Waals surface area contributed by atoms with E-state index in [2.05, 4.69) is 10.1 Å². The van der Waals surface area contributed by atoms with Crippen LogP contribution in [0.25, 0.3) is 11.4 Å². The fourth-order valence-electron chi connectivity index (χ4n) is 2.96. The molecule has 1 aliphatic rings. The molecule has 0 spiro atoms. The Bertz CT molecular complexity index is 1030. The largest absolute Gasteiger partial charge is 0.497 e. The van der Waals surface area contributed by atoms with Gasteiger partial charge in [0.05, 0.1) is 18.6 Å². The minimum absolute atomic E-state index is 0.113. The maximum atomic E-state index is 12.8. The van der Waals surface area contributed by atoms with Gasteiger partial charge in [-0.15, -0.1) is 0 Å². The quantitative estimate of drug-likeness (QED) is 0.648. The predicted octanol–water partition coefficient (Wildman–Crippen LogP) is 2.51. The zero-order valence-corrected chi connectivity index (χ0v) is 16.0. The summed E-state index contributed by atoms with van der Waals surface area (Å²) in [7, 11) is -2.01. The van der Waals surface area contributed by atoms with Crippen LogP contribution in [-0.4, -0.2) is 49.7 Å². The first-order valence-electron chi connectivity index (χ1n) is 8.73. The Morgan fingerprint density at radius 3 is 2.57 bits per heavy atom. The summed E-state index contributed by atoms with van der Waals surface area (Å²) in [6, 6.07) is 15.6. The van der Waals surface area contributed by atoms with Gasteiger partial charge in [-0.25, -0.2) is 8.42 Å². The molecule has 2 aromatic carbocycles. The summed E-state index contributed by atoms with van der Waals surface area (Å²) in [6.45, 7) is 0.631. The molecule has 3 aromatic rings. The third kappa shape index (κ3) is 3.64. The molecule has 1 fully saturated rings. The van der Waals surface area contributed by atoms with Crippen molar-refractivity contribution in [2.75, 3.05) is 26.8 Å². The Labute approximate surface area is 162 Å². The molecule has 28 heavy (non-hydrogen) atoms. The number of aromatic nitrogens is 2. The summed E-state index contributed by atoms with van der Waals surface area (Å²) in [5.74, 6) is 1.38. The number of hydrogen-bond donors (Lipinski definition) is 0. The number of hydrogen-bond acceptors (Lipinski definition) is 7. The molecule has 146 valence electrons. The van der Waals surface area contributed by atoms with Crippen LogP contribution in [0.2, 0.25) is 0 Å². The molecule has 0 aliphatic carbocycles. The van der Waals surface area contributed by atoms with Crippen LogP contribution in [0.1, 0.15) is 12.0 Å². The summed E-state index contributed by atoms with van der Waals surface area (Å²) in [6.07, 6.45) is -0.619. The van der Waals surface area contributed by atoms with Gasteiger partial charge in [0, 0.05) is 18.7 Å². The smallest absolute Gasteiger partial charge is 0.257 e. The Kier molecular flexibility index (Phi) is 5.12. The van der Waals surface area contributed by atoms with E-state index in [1.54, 1.807) is 49.6 Å². The van der Waals surface area contributed by atoms with Crippen LogP contribution < -0.4 is 4.74 Å². The standard InChI is InChI=1S/C19H19N3O5S/c1-25-15-9-7-14(8-10-15)18-20-19(27-21-18)17-13-22(11-12-26-17)28(23,24)16-5-3-2-4-6-16/h2-10,17H,11-13H2,1H3/t17-/m1/s1. The zero-order valence-electron chi connectivity index (χ0n) is 15.2. The van der Waals surface area contributed by atoms with Crippen molar-refractivity contribution in [1.29, 1.82) is 0 Å². The fourth-order valence-corrected chi connectivity index (χ4v) is 4.40. The maximum absolute atomic E-state index is 12.8. The van der Waals surface area contributed by atoms with Gasteiger partial charge >= 0.3 is 0 Å². The second-order valence-corrected chi connectivity index (χ2v) is 8.16. The number of morpholine rings is 1. The molecule has 1 aliphatic heterocycles. The molecule has 0 N–H and O–H groups in total. The second kappa shape index (κ2) is 7.70. The van der Waals surface area contributed by atoms with E-state index < -0.39 is 16.1 Å². The predicted molar refractivity (Wildman–Crippen MR) is 100 cm³/mol. The summed E-state index contributed by atoms with van der Waals surface area (Å²) in [4.78, 5) is 4.63. The van der Waals surface area contributed by atoms with Gasteiger partial charge in [-0.2, -0.15) is 9.29 Å². The fraction of sp³-hybridized carbons (Fsp3) is 0.263. The topological polar surface area (TPSA) is 94.8 Å². The first-order valence-corrected chi connectivity index (χ1v) is 10.2. The van der Waals surface area contributed by atoms with E-state index in [0.29, 0.717) is 5.82 Å². The minimum Gasteiger partial charge on any atom is -0.497 e. The molecular weight excluding hydrogens is 382 g/mol. The van der Waals surface area contributed by atoms with Crippen molar-refractivity contribution in [3.05, 3.63) is 60.5 Å². The van der Waals surface area contributed by atoms with Crippen molar-refractivity contribution in [1.82, 2.24) is 14.4 Å². The molecule has 0 amide bonds. The van der Waals surface area contributed by atoms with Crippen molar-refractivity contribution >= 4 is 10.0 Å². The van der Waals surface area contributed by atoms with Crippen LogP contribution in [0, 0.1) is 0 Å². The third-order valence-corrected chi connectivity index (χ3v) is 6.35. The average molecular weight is 401 g/mol. The van der Waals surface area contributed by atoms with Gasteiger partial charge in [-0.05, 0) is 36.4 Å². The number of ether oxygens (including phenoxy) is 2. The highest BCUT2D eigenvalue weighted by Gasteiger charge is 2.34. The molecule has 9 heteroatoms. The molecular formula is C19H19N3O5S. The van der Waals surface area contributed by atoms with E-state index in [0.717, 1.165) is 11.3 Å². The van der Waals surface area contributed by atoms with Crippen molar-refractivity contribution in [2.45, 2.75) is 11.0 Å². The number of benzene rings is 2. The molecule has 1 aromatic heterocycles. The lowest BCUT2D eigenvalue weighted by Gasteiger charge is -2.30. The Morgan fingerprint density at radius 1 is 1.11 bits per heavy atom. The van der Waals surface area contributed by atoms with Crippen molar-refractivity contribution in [3.8, 4) is 17.1 Å². The van der Waals surface area contributed by atoms with E-state index in [-0.39, 0.29) is 30.5 Å². The van der Waals surface area contributed by atoms with Crippen molar-refractivity contribution < 1.29 is 22.4 Å². The van der Waals surface area contributed by atoms with Crippen LogP contribution in [0.3, 0.4) is 0 Å². The van der Waals surface area contributed by atoms with Gasteiger partial charge in [-0.1, -0.05) is 23.4 Å². The van der Waals surface area contributed by atoms with Crippen molar-refractivity contribution in [2.24, 2.45) is 0 Å². The minimum atomic E-state index is -3.61. The van der Waals surface area contributed by atoms with Gasteiger partial charge < -0.3 is 14.0 Å². The van der Waals surface area contributed by atoms with Crippen LogP contribution in [0.5, 0.6) is 5.75 Å². The van der Waals surface area contributed by atoms with Gasteiger partial charge in [0.15, 0.2) is 6.10 Å². The molecule has 1 saturated heterocycles. The van der Waals surface area contributed by atoms with E-state index >= 15 is 0 Å². The first kappa shape index (κ1) is 18.6. The Morgan fingerprint density at radius 2 is 1.86 bits per heavy atom. The highest BCUT2D eigenvalue weighted by molar-refractivity contribution is 7.89. The van der Waals surface area contributed by atoms with Crippen LogP contribution in [0.4, 0.5) is 0 Å². The highest BCUT2D eigenvalue weighted by atomic mass is 32.2. The Hall–Kier alpha value is -2.75. The van der Waals surface area contributed by atoms with Crippen LogP contribution in [0.15, 0.2) is 64.0 Å². The SMILES string of the molecule is COc1ccc(-c2noc([C@H]3CN(S(=O)(=O)c4ccccc4)CCO3)n2)cc1. The number of nitrogens with zero attached hydrogens (tertiary/aromatic N) is 3. The van der Waals surface area contributed by atoms with Crippen LogP contribution in [-0.2, 0) is 14.8 Å². The van der Waals surface area contributed by atoms with Crippen LogP contribution >= 0.6 is 0 Å². The molecule has 0 radical (unpaired) electrons. The van der Waals surface area contributed by atoms with E-state index in [9.17, 15) is 8.42 Å². The van der Waals surface area contributed by atoms with E-state index in [4.69, 9.17) is 14.0 Å². The lowest BCUT2D eigenvalue weighted by molar-refractivity contribution is -0.0199. The molecule has 0 saturated carbocycles. The summed E-state index contributed by atoms with van der Waals surface area (Å²) >= 11 is 0. The molecule has 0 bridgehead atoms. The van der Waals surface area contributed by atoms with Gasteiger partial charge in [0.1, 0.15) is 5.75 Å². The van der Waals surface area contributed by atoms with Crippen molar-refractivity contribution in [3.63, 3.8) is 0 Å². The Balaban J connectivity index is 1.53. The molecule has 8 nitrogen and oxygen atoms in total. The molecule has 0 unspecified atom stereocenters.